The molecule has 0 bridgehead atoms. The van der Waals surface area contributed by atoms with Crippen LogP contribution in [0, 0.1) is 28.6 Å². The van der Waals surface area contributed by atoms with Gasteiger partial charge in [0.15, 0.2) is 0 Å². The third-order valence-corrected chi connectivity index (χ3v) is 10.5. The van der Waals surface area contributed by atoms with Gasteiger partial charge in [-0.05, 0) is 92.4 Å². The maximum absolute atomic E-state index is 12.9. The van der Waals surface area contributed by atoms with Crippen LogP contribution in [0.4, 0.5) is 0 Å². The predicted molar refractivity (Wildman–Crippen MR) is 143 cm³/mol. The van der Waals surface area contributed by atoms with Crippen LogP contribution in [0.2, 0.25) is 0 Å². The number of hydrogen-bond donors (Lipinski definition) is 0. The number of esters is 2. The fourth-order valence-electron chi connectivity index (χ4n) is 8.44. The molecule has 0 saturated heterocycles. The smallest absolute Gasteiger partial charge is 0.338 e. The maximum Gasteiger partial charge on any atom is 0.338 e. The van der Waals surface area contributed by atoms with Crippen LogP contribution < -0.4 is 0 Å². The highest BCUT2D eigenvalue weighted by molar-refractivity contribution is 5.90. The Balaban J connectivity index is 1.15. The molecule has 0 radical (unpaired) electrons. The second-order valence-corrected chi connectivity index (χ2v) is 12.3. The lowest BCUT2D eigenvalue weighted by Gasteiger charge is -2.57. The van der Waals surface area contributed by atoms with Gasteiger partial charge in [0.25, 0.3) is 0 Å². The quantitative estimate of drug-likeness (QED) is 0.325. The zero-order valence-corrected chi connectivity index (χ0v) is 22.0. The van der Waals surface area contributed by atoms with Crippen molar-refractivity contribution in [2.24, 2.45) is 28.6 Å². The second kappa shape index (κ2) is 9.45. The van der Waals surface area contributed by atoms with Crippen molar-refractivity contribution in [2.45, 2.75) is 77.4 Å². The molecule has 0 N–H and O–H groups in total. The Morgan fingerprint density at radius 1 is 0.757 bits per heavy atom. The van der Waals surface area contributed by atoms with Gasteiger partial charge in [-0.15, -0.1) is 0 Å². The van der Waals surface area contributed by atoms with E-state index >= 15 is 0 Å². The topological polar surface area (TPSA) is 52.6 Å². The molecule has 0 amide bonds. The van der Waals surface area contributed by atoms with E-state index in [1.54, 1.807) is 0 Å². The van der Waals surface area contributed by atoms with E-state index in [0.29, 0.717) is 28.9 Å². The standard InChI is InChI=1S/C33H38O4/c1-32-19-17-25(36-30(34)22-9-5-3-6-10-22)21-24(32)13-14-26-27-15-16-29(33(27,2)20-18-28(26)32)37-31(35)23-11-7-4-8-12-23/h3-13,25-29H,14-21H2,1-2H3/t25-,26+,27+,28+,29+,32-,33+/m0/s1. The molecule has 4 heteroatoms. The molecule has 4 aliphatic rings. The van der Waals surface area contributed by atoms with Crippen molar-refractivity contribution in [3.05, 3.63) is 83.4 Å². The summed E-state index contributed by atoms with van der Waals surface area (Å²) in [6.07, 6.45) is 10.8. The molecular formula is C33H38O4. The molecule has 0 aromatic heterocycles. The molecule has 4 aliphatic carbocycles. The van der Waals surface area contributed by atoms with Gasteiger partial charge in [0.05, 0.1) is 11.1 Å². The van der Waals surface area contributed by atoms with Gasteiger partial charge in [0.1, 0.15) is 12.2 Å². The van der Waals surface area contributed by atoms with Crippen molar-refractivity contribution < 1.29 is 19.1 Å². The fraction of sp³-hybridized carbons (Fsp3) is 0.515. The highest BCUT2D eigenvalue weighted by atomic mass is 16.5. The minimum absolute atomic E-state index is 0.00234. The lowest BCUT2D eigenvalue weighted by Crippen LogP contribution is -2.51. The van der Waals surface area contributed by atoms with Gasteiger partial charge < -0.3 is 9.47 Å². The van der Waals surface area contributed by atoms with Crippen LogP contribution in [0.15, 0.2) is 72.3 Å². The molecule has 7 atom stereocenters. The Kier molecular flexibility index (Phi) is 6.25. The first kappa shape index (κ1) is 24.5. The van der Waals surface area contributed by atoms with Crippen molar-refractivity contribution in [1.82, 2.24) is 0 Å². The van der Waals surface area contributed by atoms with Crippen LogP contribution in [0.1, 0.15) is 85.9 Å². The molecule has 37 heavy (non-hydrogen) atoms. The summed E-state index contributed by atoms with van der Waals surface area (Å²) in [5.74, 6) is 1.48. The largest absolute Gasteiger partial charge is 0.458 e. The third kappa shape index (κ3) is 4.23. The zero-order valence-electron chi connectivity index (χ0n) is 22.0. The van der Waals surface area contributed by atoms with Crippen LogP contribution >= 0.6 is 0 Å². The maximum atomic E-state index is 12.9. The van der Waals surface area contributed by atoms with E-state index in [2.05, 4.69) is 19.9 Å². The molecule has 0 unspecified atom stereocenters. The predicted octanol–water partition coefficient (Wildman–Crippen LogP) is 7.40. The van der Waals surface area contributed by atoms with E-state index < -0.39 is 0 Å². The van der Waals surface area contributed by atoms with Crippen LogP contribution in [-0.2, 0) is 9.47 Å². The number of ether oxygens (including phenoxy) is 2. The van der Waals surface area contributed by atoms with Crippen LogP contribution in [0.3, 0.4) is 0 Å². The van der Waals surface area contributed by atoms with E-state index in [4.69, 9.17) is 9.47 Å². The van der Waals surface area contributed by atoms with Gasteiger partial charge in [-0.1, -0.05) is 61.9 Å². The molecule has 6 rings (SSSR count). The summed E-state index contributed by atoms with van der Waals surface area (Å²) in [6.45, 7) is 4.85. The Morgan fingerprint density at radius 3 is 2.08 bits per heavy atom. The van der Waals surface area contributed by atoms with Gasteiger partial charge in [-0.2, -0.15) is 0 Å². The lowest BCUT2D eigenvalue weighted by molar-refractivity contribution is -0.0787. The van der Waals surface area contributed by atoms with E-state index in [1.807, 2.05) is 60.7 Å². The SMILES string of the molecule is C[C@@]12CC[C@@H]3[C@H](CC=C4C[C@@H](OC(=O)c5ccccc5)CC[C@@]43C)[C@H]1CC[C@H]2OC(=O)c1ccccc1. The average Bonchev–Trinajstić information content (AvgIpc) is 3.25. The van der Waals surface area contributed by atoms with Crippen LogP contribution in [-0.4, -0.2) is 24.1 Å². The minimum Gasteiger partial charge on any atom is -0.458 e. The van der Waals surface area contributed by atoms with E-state index in [0.717, 1.165) is 44.9 Å². The summed E-state index contributed by atoms with van der Waals surface area (Å²) in [6, 6.07) is 18.7. The summed E-state index contributed by atoms with van der Waals surface area (Å²) in [7, 11) is 0. The van der Waals surface area contributed by atoms with Gasteiger partial charge in [-0.25, -0.2) is 9.59 Å². The molecule has 3 saturated carbocycles. The molecule has 194 valence electrons. The lowest BCUT2D eigenvalue weighted by atomic mass is 9.48. The number of hydrogen-bond acceptors (Lipinski definition) is 4. The molecule has 3 fully saturated rings. The van der Waals surface area contributed by atoms with Crippen molar-refractivity contribution in [1.29, 1.82) is 0 Å². The van der Waals surface area contributed by atoms with Gasteiger partial charge in [0, 0.05) is 11.8 Å². The van der Waals surface area contributed by atoms with Gasteiger partial charge in [0.2, 0.25) is 0 Å². The zero-order chi connectivity index (χ0) is 25.6. The average molecular weight is 499 g/mol. The number of fused-ring (bicyclic) bond motifs is 5. The Labute approximate surface area is 220 Å². The minimum atomic E-state index is -0.209. The Hall–Kier alpha value is -2.88. The van der Waals surface area contributed by atoms with Crippen molar-refractivity contribution in [3.63, 3.8) is 0 Å². The monoisotopic (exact) mass is 498 g/mol. The van der Waals surface area contributed by atoms with E-state index in [1.165, 1.54) is 12.0 Å². The van der Waals surface area contributed by atoms with Crippen molar-refractivity contribution in [3.8, 4) is 0 Å². The molecular weight excluding hydrogens is 460 g/mol. The third-order valence-electron chi connectivity index (χ3n) is 10.5. The van der Waals surface area contributed by atoms with E-state index in [9.17, 15) is 9.59 Å². The normalized spacial score (nSPS) is 36.4. The van der Waals surface area contributed by atoms with Crippen molar-refractivity contribution in [2.75, 3.05) is 0 Å². The molecule has 0 spiro atoms. The number of carbonyl (C=O) groups excluding carboxylic acids is 2. The summed E-state index contributed by atoms with van der Waals surface area (Å²) in [5.41, 5.74) is 3.00. The number of rotatable bonds is 4. The Bertz CT molecular complexity index is 1190. The van der Waals surface area contributed by atoms with E-state index in [-0.39, 0.29) is 35.0 Å². The Morgan fingerprint density at radius 2 is 1.41 bits per heavy atom. The number of allylic oxidation sites excluding steroid dienone is 1. The van der Waals surface area contributed by atoms with Crippen LogP contribution in [0.25, 0.3) is 0 Å². The first-order chi connectivity index (χ1) is 17.9. The van der Waals surface area contributed by atoms with Gasteiger partial charge >= 0.3 is 11.9 Å². The molecule has 2 aromatic rings. The molecule has 2 aromatic carbocycles. The number of benzene rings is 2. The first-order valence-electron chi connectivity index (χ1n) is 14.1. The summed E-state index contributed by atoms with van der Waals surface area (Å²) < 4.78 is 12.1. The highest BCUT2D eigenvalue weighted by Crippen LogP contribution is 2.65. The van der Waals surface area contributed by atoms with Crippen LogP contribution in [0.5, 0.6) is 0 Å². The second-order valence-electron chi connectivity index (χ2n) is 12.3. The molecule has 4 nitrogen and oxygen atoms in total. The highest BCUT2D eigenvalue weighted by Gasteiger charge is 2.59. The first-order valence-corrected chi connectivity index (χ1v) is 14.1. The van der Waals surface area contributed by atoms with Crippen molar-refractivity contribution >= 4 is 11.9 Å². The summed E-state index contributed by atoms with van der Waals surface area (Å²) in [5, 5.41) is 0. The number of carbonyl (C=O) groups is 2. The fourth-order valence-corrected chi connectivity index (χ4v) is 8.44. The van der Waals surface area contributed by atoms with Gasteiger partial charge in [-0.3, -0.25) is 0 Å². The summed E-state index contributed by atoms with van der Waals surface area (Å²) in [4.78, 5) is 25.5. The molecule has 0 aliphatic heterocycles. The summed E-state index contributed by atoms with van der Waals surface area (Å²) >= 11 is 0. The molecule has 0 heterocycles.